The van der Waals surface area contributed by atoms with Crippen molar-refractivity contribution in [3.05, 3.63) is 0 Å². The fourth-order valence-corrected chi connectivity index (χ4v) is 2.52. The molecule has 0 amide bonds. The van der Waals surface area contributed by atoms with Gasteiger partial charge in [0, 0.05) is 19.1 Å². The van der Waals surface area contributed by atoms with Gasteiger partial charge in [-0.05, 0) is 32.9 Å². The highest BCUT2D eigenvalue weighted by molar-refractivity contribution is 5.35. The number of likely N-dealkylation sites (N-methyl/N-ethyl adjacent to an activating group) is 1. The van der Waals surface area contributed by atoms with Gasteiger partial charge in [-0.1, -0.05) is 6.92 Å². The fourth-order valence-electron chi connectivity index (χ4n) is 2.52. The maximum Gasteiger partial charge on any atom is 0.322 e. The van der Waals surface area contributed by atoms with Crippen molar-refractivity contribution in [1.82, 2.24) is 19.9 Å². The minimum atomic E-state index is 0.331. The smallest absolute Gasteiger partial charge is 0.322 e. The van der Waals surface area contributed by atoms with Gasteiger partial charge in [0.15, 0.2) is 0 Å². The Kier molecular flexibility index (Phi) is 5.34. The largest absolute Gasteiger partial charge is 0.467 e. The summed E-state index contributed by atoms with van der Waals surface area (Å²) in [6.07, 6.45) is 2.49. The molecule has 1 saturated heterocycles. The van der Waals surface area contributed by atoms with Crippen LogP contribution in [0.15, 0.2) is 0 Å². The van der Waals surface area contributed by atoms with Gasteiger partial charge in [0.25, 0.3) is 0 Å². The SMILES string of the molecule is CCNc1nc(NCC2CCCN2CC)nc(OC)n1. The van der Waals surface area contributed by atoms with Gasteiger partial charge in [0.1, 0.15) is 0 Å². The molecule has 0 saturated carbocycles. The third-order valence-corrected chi connectivity index (χ3v) is 3.53. The Balaban J connectivity index is 1.99. The van der Waals surface area contributed by atoms with Crippen LogP contribution in [0.2, 0.25) is 0 Å². The highest BCUT2D eigenvalue weighted by Crippen LogP contribution is 2.17. The molecule has 0 aliphatic carbocycles. The van der Waals surface area contributed by atoms with Crippen LogP contribution in [0.1, 0.15) is 26.7 Å². The molecule has 1 atom stereocenters. The van der Waals surface area contributed by atoms with Crippen molar-refractivity contribution in [1.29, 1.82) is 0 Å². The fraction of sp³-hybridized carbons (Fsp3) is 0.769. The van der Waals surface area contributed by atoms with Crippen LogP contribution in [0, 0.1) is 0 Å². The first-order valence-corrected chi connectivity index (χ1v) is 7.28. The van der Waals surface area contributed by atoms with Crippen LogP contribution in [0.3, 0.4) is 0 Å². The zero-order chi connectivity index (χ0) is 14.4. The van der Waals surface area contributed by atoms with E-state index in [1.165, 1.54) is 19.4 Å². The Hall–Kier alpha value is -1.63. The van der Waals surface area contributed by atoms with Crippen LogP contribution in [0.25, 0.3) is 0 Å². The van der Waals surface area contributed by atoms with E-state index in [0.29, 0.717) is 23.9 Å². The molecule has 2 heterocycles. The second-order valence-corrected chi connectivity index (χ2v) is 4.81. The third-order valence-electron chi connectivity index (χ3n) is 3.53. The van der Waals surface area contributed by atoms with Gasteiger partial charge in [-0.15, -0.1) is 0 Å². The van der Waals surface area contributed by atoms with Crippen LogP contribution in [0.4, 0.5) is 11.9 Å². The summed E-state index contributed by atoms with van der Waals surface area (Å²) < 4.78 is 5.10. The van der Waals surface area contributed by atoms with E-state index in [9.17, 15) is 0 Å². The number of rotatable bonds is 7. The van der Waals surface area contributed by atoms with Crippen molar-refractivity contribution in [2.45, 2.75) is 32.7 Å². The van der Waals surface area contributed by atoms with E-state index in [0.717, 1.165) is 19.6 Å². The summed E-state index contributed by atoms with van der Waals surface area (Å²) in [6.45, 7) is 8.10. The molecule has 0 bridgehead atoms. The summed E-state index contributed by atoms with van der Waals surface area (Å²) in [7, 11) is 1.56. The lowest BCUT2D eigenvalue weighted by molar-refractivity contribution is 0.276. The van der Waals surface area contributed by atoms with E-state index >= 15 is 0 Å². The van der Waals surface area contributed by atoms with Crippen molar-refractivity contribution < 1.29 is 4.74 Å². The maximum atomic E-state index is 5.10. The molecule has 1 fully saturated rings. The van der Waals surface area contributed by atoms with Gasteiger partial charge >= 0.3 is 6.01 Å². The second kappa shape index (κ2) is 7.23. The second-order valence-electron chi connectivity index (χ2n) is 4.81. The summed E-state index contributed by atoms with van der Waals surface area (Å²) in [5, 5.41) is 6.38. The summed E-state index contributed by atoms with van der Waals surface area (Å²) in [5.41, 5.74) is 0. The van der Waals surface area contributed by atoms with Crippen molar-refractivity contribution in [2.24, 2.45) is 0 Å². The van der Waals surface area contributed by atoms with Crippen molar-refractivity contribution in [3.8, 4) is 6.01 Å². The monoisotopic (exact) mass is 280 g/mol. The molecular formula is C13H24N6O. The average Bonchev–Trinajstić information content (AvgIpc) is 2.92. The molecule has 7 nitrogen and oxygen atoms in total. The Bertz CT molecular complexity index is 427. The number of likely N-dealkylation sites (tertiary alicyclic amines) is 1. The molecule has 112 valence electrons. The molecule has 0 radical (unpaired) electrons. The lowest BCUT2D eigenvalue weighted by Gasteiger charge is -2.22. The minimum absolute atomic E-state index is 0.331. The topological polar surface area (TPSA) is 75.2 Å². The van der Waals surface area contributed by atoms with E-state index in [1.807, 2.05) is 6.92 Å². The highest BCUT2D eigenvalue weighted by Gasteiger charge is 2.22. The van der Waals surface area contributed by atoms with E-state index in [4.69, 9.17) is 4.74 Å². The van der Waals surface area contributed by atoms with Gasteiger partial charge in [0.2, 0.25) is 11.9 Å². The third kappa shape index (κ3) is 3.69. The minimum Gasteiger partial charge on any atom is -0.467 e. The standard InChI is InChI=1S/C13H24N6O/c1-4-14-11-16-12(18-13(17-11)20-3)15-9-10-7-6-8-19(10)5-2/h10H,4-9H2,1-3H3,(H2,14,15,16,17,18). The highest BCUT2D eigenvalue weighted by atomic mass is 16.5. The van der Waals surface area contributed by atoms with Crippen LogP contribution < -0.4 is 15.4 Å². The zero-order valence-corrected chi connectivity index (χ0v) is 12.5. The van der Waals surface area contributed by atoms with E-state index in [1.54, 1.807) is 7.11 Å². The van der Waals surface area contributed by atoms with Crippen LogP contribution in [0.5, 0.6) is 6.01 Å². The zero-order valence-electron chi connectivity index (χ0n) is 12.5. The summed E-state index contributed by atoms with van der Waals surface area (Å²) in [4.78, 5) is 15.2. The lowest BCUT2D eigenvalue weighted by atomic mass is 10.2. The molecule has 1 aliphatic rings. The molecule has 2 rings (SSSR count). The summed E-state index contributed by atoms with van der Waals surface area (Å²) in [6, 6.07) is 0.891. The quantitative estimate of drug-likeness (QED) is 0.777. The summed E-state index contributed by atoms with van der Waals surface area (Å²) in [5.74, 6) is 1.11. The molecule has 0 aromatic carbocycles. The number of nitrogens with one attached hydrogen (secondary N) is 2. The molecule has 1 unspecified atom stereocenters. The van der Waals surface area contributed by atoms with Crippen molar-refractivity contribution in [3.63, 3.8) is 0 Å². The van der Waals surface area contributed by atoms with Gasteiger partial charge in [-0.3, -0.25) is 4.90 Å². The van der Waals surface area contributed by atoms with E-state index < -0.39 is 0 Å². The van der Waals surface area contributed by atoms with Gasteiger partial charge in [-0.2, -0.15) is 15.0 Å². The molecule has 1 aromatic heterocycles. The number of ether oxygens (including phenoxy) is 1. The number of aromatic nitrogens is 3. The van der Waals surface area contributed by atoms with Gasteiger partial charge < -0.3 is 15.4 Å². The van der Waals surface area contributed by atoms with Gasteiger partial charge in [-0.25, -0.2) is 0 Å². The van der Waals surface area contributed by atoms with Crippen molar-refractivity contribution >= 4 is 11.9 Å². The van der Waals surface area contributed by atoms with Crippen LogP contribution >= 0.6 is 0 Å². The first-order valence-electron chi connectivity index (χ1n) is 7.28. The average molecular weight is 280 g/mol. The molecular weight excluding hydrogens is 256 g/mol. The Labute approximate surface area is 120 Å². The first-order chi connectivity index (χ1) is 9.76. The van der Waals surface area contributed by atoms with E-state index in [2.05, 4.69) is 37.4 Å². The predicted octanol–water partition coefficient (Wildman–Crippen LogP) is 1.21. The molecule has 1 aliphatic heterocycles. The number of nitrogens with zero attached hydrogens (tertiary/aromatic N) is 4. The molecule has 7 heteroatoms. The first kappa shape index (κ1) is 14.8. The summed E-state index contributed by atoms with van der Waals surface area (Å²) >= 11 is 0. The number of methoxy groups -OCH3 is 1. The Morgan fingerprint density at radius 2 is 1.95 bits per heavy atom. The maximum absolute atomic E-state index is 5.10. The number of anilines is 2. The van der Waals surface area contributed by atoms with Crippen LogP contribution in [-0.4, -0.2) is 59.2 Å². The molecule has 2 N–H and O–H groups in total. The Morgan fingerprint density at radius 3 is 2.60 bits per heavy atom. The number of hydrogen-bond acceptors (Lipinski definition) is 7. The van der Waals surface area contributed by atoms with Crippen molar-refractivity contribution in [2.75, 3.05) is 43.9 Å². The lowest BCUT2D eigenvalue weighted by Crippen LogP contribution is -2.35. The number of hydrogen-bond donors (Lipinski definition) is 2. The van der Waals surface area contributed by atoms with Gasteiger partial charge in [0.05, 0.1) is 7.11 Å². The van der Waals surface area contributed by atoms with E-state index in [-0.39, 0.29) is 0 Å². The molecule has 1 aromatic rings. The Morgan fingerprint density at radius 1 is 1.20 bits per heavy atom. The normalized spacial score (nSPS) is 19.1. The predicted molar refractivity (Wildman–Crippen MR) is 79.3 cm³/mol. The van der Waals surface area contributed by atoms with Crippen LogP contribution in [-0.2, 0) is 0 Å². The molecule has 20 heavy (non-hydrogen) atoms. The molecule has 0 spiro atoms.